The van der Waals surface area contributed by atoms with E-state index in [-0.39, 0.29) is 0 Å². The summed E-state index contributed by atoms with van der Waals surface area (Å²) in [6, 6.07) is 24.2. The van der Waals surface area contributed by atoms with Crippen LogP contribution in [0.1, 0.15) is 0 Å². The number of nitrogen functional groups attached to an aromatic ring is 2. The molecule has 0 aliphatic heterocycles. The van der Waals surface area contributed by atoms with Gasteiger partial charge >= 0.3 is 0 Å². The Morgan fingerprint density at radius 1 is 0.450 bits per heavy atom. The van der Waals surface area contributed by atoms with E-state index in [1.165, 1.54) is 0 Å². The largest absolute Gasteiger partial charge is 0.399 e. The smallest absolute Gasteiger partial charge is 0.0326 e. The maximum absolute atomic E-state index is 6.04. The van der Waals surface area contributed by atoms with Crippen molar-refractivity contribution in [3.63, 3.8) is 0 Å². The lowest BCUT2D eigenvalue weighted by Crippen LogP contribution is -1.89. The summed E-state index contributed by atoms with van der Waals surface area (Å²) < 4.78 is 0. The van der Waals surface area contributed by atoms with E-state index in [0.29, 0.717) is 0 Å². The molecule has 0 heterocycles. The third-order valence-electron chi connectivity index (χ3n) is 3.31. The Hall–Kier alpha value is -2.74. The molecular weight excluding hydrogens is 244 g/mol. The Bertz CT molecular complexity index is 716. The second-order valence-corrected chi connectivity index (χ2v) is 4.83. The first-order valence-electron chi connectivity index (χ1n) is 6.54. The summed E-state index contributed by atoms with van der Waals surface area (Å²) in [5.74, 6) is 0. The average Bonchev–Trinajstić information content (AvgIpc) is 2.48. The fourth-order valence-corrected chi connectivity index (χ4v) is 2.29. The highest BCUT2D eigenvalue weighted by atomic mass is 14.5. The molecule has 0 spiro atoms. The van der Waals surface area contributed by atoms with E-state index in [1.54, 1.807) is 0 Å². The number of benzene rings is 3. The number of rotatable bonds is 2. The molecule has 0 saturated carbocycles. The topological polar surface area (TPSA) is 52.0 Å². The van der Waals surface area contributed by atoms with Gasteiger partial charge in [0.25, 0.3) is 0 Å². The molecule has 3 aromatic rings. The standard InChI is InChI=1S/C18H16N2/c19-17-8-6-14(7-9-17)16-10-15(11-18(20)12-16)13-4-2-1-3-5-13/h1-12H,19-20H2. The third-order valence-corrected chi connectivity index (χ3v) is 3.31. The fourth-order valence-electron chi connectivity index (χ4n) is 2.29. The Balaban J connectivity index is 2.09. The van der Waals surface area contributed by atoms with Gasteiger partial charge in [-0.15, -0.1) is 0 Å². The highest BCUT2D eigenvalue weighted by molar-refractivity contribution is 5.77. The summed E-state index contributed by atoms with van der Waals surface area (Å²) in [6.45, 7) is 0. The summed E-state index contributed by atoms with van der Waals surface area (Å²) >= 11 is 0. The quantitative estimate of drug-likeness (QED) is 0.679. The van der Waals surface area contributed by atoms with Crippen molar-refractivity contribution in [1.29, 1.82) is 0 Å². The van der Waals surface area contributed by atoms with Crippen LogP contribution in [0.15, 0.2) is 72.8 Å². The molecule has 0 radical (unpaired) electrons. The zero-order valence-electron chi connectivity index (χ0n) is 11.1. The van der Waals surface area contributed by atoms with Gasteiger partial charge in [-0.3, -0.25) is 0 Å². The van der Waals surface area contributed by atoms with E-state index < -0.39 is 0 Å². The Labute approximate surface area is 118 Å². The minimum Gasteiger partial charge on any atom is -0.399 e. The van der Waals surface area contributed by atoms with Crippen LogP contribution < -0.4 is 11.5 Å². The molecule has 4 N–H and O–H groups in total. The predicted octanol–water partition coefficient (Wildman–Crippen LogP) is 4.19. The fraction of sp³-hybridized carbons (Fsp3) is 0. The summed E-state index contributed by atoms with van der Waals surface area (Å²) in [6.07, 6.45) is 0. The van der Waals surface area contributed by atoms with Crippen LogP contribution in [0.5, 0.6) is 0 Å². The molecule has 0 atom stereocenters. The van der Waals surface area contributed by atoms with Crippen molar-refractivity contribution in [1.82, 2.24) is 0 Å². The minimum atomic E-state index is 0.762. The van der Waals surface area contributed by atoms with E-state index in [4.69, 9.17) is 11.5 Å². The molecule has 3 aromatic carbocycles. The molecule has 0 unspecified atom stereocenters. The third kappa shape index (κ3) is 2.50. The first-order valence-corrected chi connectivity index (χ1v) is 6.54. The van der Waals surface area contributed by atoms with Gasteiger partial charge in [-0.05, 0) is 52.6 Å². The molecule has 0 amide bonds. The maximum Gasteiger partial charge on any atom is 0.0326 e. The molecule has 3 rings (SSSR count). The molecule has 0 bridgehead atoms. The molecular formula is C18H16N2. The van der Waals surface area contributed by atoms with Crippen LogP contribution in [0.25, 0.3) is 22.3 Å². The van der Waals surface area contributed by atoms with Gasteiger partial charge in [0.15, 0.2) is 0 Å². The molecule has 98 valence electrons. The van der Waals surface area contributed by atoms with E-state index in [2.05, 4.69) is 18.2 Å². The van der Waals surface area contributed by atoms with Gasteiger partial charge in [-0.25, -0.2) is 0 Å². The van der Waals surface area contributed by atoms with Crippen molar-refractivity contribution in [3.8, 4) is 22.3 Å². The maximum atomic E-state index is 6.04. The second kappa shape index (κ2) is 5.10. The van der Waals surface area contributed by atoms with Crippen LogP contribution >= 0.6 is 0 Å². The SMILES string of the molecule is Nc1ccc(-c2cc(N)cc(-c3ccccc3)c2)cc1. The summed E-state index contributed by atoms with van der Waals surface area (Å²) in [4.78, 5) is 0. The molecule has 0 fully saturated rings. The Kier molecular flexibility index (Phi) is 3.13. The van der Waals surface area contributed by atoms with Gasteiger partial charge in [0.2, 0.25) is 0 Å². The number of nitrogens with two attached hydrogens (primary N) is 2. The first-order chi connectivity index (χ1) is 9.72. The van der Waals surface area contributed by atoms with Crippen molar-refractivity contribution in [2.75, 3.05) is 11.5 Å². The van der Waals surface area contributed by atoms with Gasteiger partial charge in [-0.1, -0.05) is 42.5 Å². The van der Waals surface area contributed by atoms with Crippen LogP contribution in [0.3, 0.4) is 0 Å². The minimum absolute atomic E-state index is 0.762. The van der Waals surface area contributed by atoms with Gasteiger partial charge < -0.3 is 11.5 Å². The summed E-state index contributed by atoms with van der Waals surface area (Å²) in [5.41, 5.74) is 17.8. The normalized spacial score (nSPS) is 10.4. The molecule has 0 aliphatic rings. The van der Waals surface area contributed by atoms with Crippen LogP contribution in [0.2, 0.25) is 0 Å². The molecule has 2 nitrogen and oxygen atoms in total. The second-order valence-electron chi connectivity index (χ2n) is 4.83. The lowest BCUT2D eigenvalue weighted by Gasteiger charge is -2.08. The lowest BCUT2D eigenvalue weighted by molar-refractivity contribution is 1.58. The average molecular weight is 260 g/mol. The number of anilines is 2. The highest BCUT2D eigenvalue weighted by Gasteiger charge is 2.03. The zero-order chi connectivity index (χ0) is 13.9. The van der Waals surface area contributed by atoms with Gasteiger partial charge in [-0.2, -0.15) is 0 Å². The molecule has 0 saturated heterocycles. The monoisotopic (exact) mass is 260 g/mol. The van der Waals surface area contributed by atoms with E-state index in [0.717, 1.165) is 33.6 Å². The van der Waals surface area contributed by atoms with E-state index in [1.807, 2.05) is 54.6 Å². The van der Waals surface area contributed by atoms with Gasteiger partial charge in [0.1, 0.15) is 0 Å². The Morgan fingerprint density at radius 3 is 1.60 bits per heavy atom. The number of hydrogen-bond donors (Lipinski definition) is 2. The molecule has 0 aliphatic carbocycles. The highest BCUT2D eigenvalue weighted by Crippen LogP contribution is 2.29. The van der Waals surface area contributed by atoms with Crippen LogP contribution in [0, 0.1) is 0 Å². The van der Waals surface area contributed by atoms with Crippen molar-refractivity contribution < 1.29 is 0 Å². The van der Waals surface area contributed by atoms with Crippen molar-refractivity contribution >= 4 is 11.4 Å². The number of hydrogen-bond acceptors (Lipinski definition) is 2. The molecule has 20 heavy (non-hydrogen) atoms. The summed E-state index contributed by atoms with van der Waals surface area (Å²) in [5, 5.41) is 0. The Morgan fingerprint density at radius 2 is 1.00 bits per heavy atom. The van der Waals surface area contributed by atoms with Crippen molar-refractivity contribution in [2.45, 2.75) is 0 Å². The van der Waals surface area contributed by atoms with E-state index >= 15 is 0 Å². The van der Waals surface area contributed by atoms with Crippen LogP contribution in [-0.4, -0.2) is 0 Å². The van der Waals surface area contributed by atoms with Crippen molar-refractivity contribution in [3.05, 3.63) is 72.8 Å². The van der Waals surface area contributed by atoms with Gasteiger partial charge in [0, 0.05) is 11.4 Å². The summed E-state index contributed by atoms with van der Waals surface area (Å²) in [7, 11) is 0. The lowest BCUT2D eigenvalue weighted by atomic mass is 9.98. The van der Waals surface area contributed by atoms with Crippen molar-refractivity contribution in [2.24, 2.45) is 0 Å². The first kappa shape index (κ1) is 12.3. The molecule has 2 heteroatoms. The van der Waals surface area contributed by atoms with Crippen LogP contribution in [-0.2, 0) is 0 Å². The molecule has 0 aromatic heterocycles. The van der Waals surface area contributed by atoms with Gasteiger partial charge in [0.05, 0.1) is 0 Å². The predicted molar refractivity (Wildman–Crippen MR) is 86.1 cm³/mol. The zero-order valence-corrected chi connectivity index (χ0v) is 11.1. The van der Waals surface area contributed by atoms with E-state index in [9.17, 15) is 0 Å². The van der Waals surface area contributed by atoms with Crippen LogP contribution in [0.4, 0.5) is 11.4 Å².